The van der Waals surface area contributed by atoms with E-state index in [2.05, 4.69) is 26.1 Å². The molecule has 0 atom stereocenters. The molecule has 18 heavy (non-hydrogen) atoms. The Kier molecular flexibility index (Phi) is 7.39. The van der Waals surface area contributed by atoms with Crippen LogP contribution in [0.3, 0.4) is 0 Å². The molecule has 0 aromatic carbocycles. The lowest BCUT2D eigenvalue weighted by Gasteiger charge is -2.17. The molecule has 0 fully saturated rings. The van der Waals surface area contributed by atoms with Gasteiger partial charge in [-0.3, -0.25) is 4.79 Å². The van der Waals surface area contributed by atoms with E-state index in [1.54, 1.807) is 12.3 Å². The van der Waals surface area contributed by atoms with Crippen molar-refractivity contribution in [3.05, 3.63) is 30.1 Å². The molecule has 0 aliphatic carbocycles. The zero-order valence-corrected chi connectivity index (χ0v) is 13.5. The second-order valence-corrected chi connectivity index (χ2v) is 5.32. The fraction of sp³-hybridized carbons (Fsp3) is 0.538. The average Bonchev–Trinajstić information content (AvgIpc) is 2.23. The number of carbonyl (C=O) groups excluding carboxylic acids is 1. The van der Waals surface area contributed by atoms with Gasteiger partial charge in [-0.1, -0.05) is 20.8 Å². The minimum absolute atomic E-state index is 0. The van der Waals surface area contributed by atoms with Crippen LogP contribution in [0, 0.1) is 5.41 Å². The molecule has 1 N–H and O–H groups in total. The molecule has 1 heterocycles. The van der Waals surface area contributed by atoms with E-state index in [1.165, 1.54) is 0 Å². The number of aromatic nitrogens is 1. The number of hydrogen-bond acceptors (Lipinski definition) is 2. The Hall–Kier alpha value is -0.690. The minimum atomic E-state index is -0.116. The number of halogens is 1. The monoisotopic (exact) mass is 364 g/mol. The van der Waals surface area contributed by atoms with Gasteiger partial charge in [-0.25, -0.2) is 4.57 Å². The maximum Gasteiger partial charge on any atom is 0.259 e. The van der Waals surface area contributed by atoms with E-state index in [1.807, 2.05) is 23.9 Å². The molecule has 102 valence electrons. The fourth-order valence-electron chi connectivity index (χ4n) is 1.30. The molecule has 1 rings (SSSR count). The highest BCUT2D eigenvalue weighted by atomic mass is 127. The Labute approximate surface area is 126 Å². The first-order chi connectivity index (χ1) is 7.88. The van der Waals surface area contributed by atoms with Gasteiger partial charge in [0.1, 0.15) is 19.3 Å². The first-order valence-electron chi connectivity index (χ1n) is 5.70. The van der Waals surface area contributed by atoms with Crippen LogP contribution >= 0.6 is 0 Å². The molecule has 0 aliphatic rings. The largest absolute Gasteiger partial charge is 1.00 e. The molecule has 0 saturated heterocycles. The Bertz CT molecular complexity index is 389. The zero-order valence-electron chi connectivity index (χ0n) is 11.4. The third-order valence-corrected chi connectivity index (χ3v) is 2.07. The van der Waals surface area contributed by atoms with Crippen molar-refractivity contribution in [2.24, 2.45) is 12.5 Å². The second kappa shape index (κ2) is 7.68. The van der Waals surface area contributed by atoms with Gasteiger partial charge < -0.3 is 34.0 Å². The highest BCUT2D eigenvalue weighted by Gasteiger charge is 2.11. The number of pyridine rings is 1. The molecule has 0 spiro atoms. The molecular formula is C13H21IN2O2. The second-order valence-electron chi connectivity index (χ2n) is 5.32. The molecule has 0 aliphatic heterocycles. The van der Waals surface area contributed by atoms with Gasteiger partial charge in [0.05, 0.1) is 6.61 Å². The Morgan fingerprint density at radius 1 is 1.44 bits per heavy atom. The van der Waals surface area contributed by atoms with E-state index in [0.717, 1.165) is 0 Å². The number of carbonyl (C=O) groups is 1. The van der Waals surface area contributed by atoms with Gasteiger partial charge in [-0.15, -0.1) is 0 Å². The van der Waals surface area contributed by atoms with E-state index in [4.69, 9.17) is 4.74 Å². The van der Waals surface area contributed by atoms with Crippen molar-refractivity contribution in [3.8, 4) is 0 Å². The van der Waals surface area contributed by atoms with Crippen molar-refractivity contribution in [1.82, 2.24) is 5.32 Å². The Balaban J connectivity index is 0.00000289. The summed E-state index contributed by atoms with van der Waals surface area (Å²) >= 11 is 0. The number of nitrogens with one attached hydrogen (secondary N) is 1. The van der Waals surface area contributed by atoms with Crippen molar-refractivity contribution in [3.63, 3.8) is 0 Å². The van der Waals surface area contributed by atoms with E-state index >= 15 is 0 Å². The predicted octanol–water partition coefficient (Wildman–Crippen LogP) is -1.73. The molecule has 0 unspecified atom stereocenters. The van der Waals surface area contributed by atoms with Crippen LogP contribution in [-0.2, 0) is 11.8 Å². The van der Waals surface area contributed by atoms with Gasteiger partial charge in [0.25, 0.3) is 5.91 Å². The van der Waals surface area contributed by atoms with E-state index < -0.39 is 0 Å². The summed E-state index contributed by atoms with van der Waals surface area (Å²) in [5.74, 6) is -0.116. The summed E-state index contributed by atoms with van der Waals surface area (Å²) in [6.45, 7) is 7.13. The van der Waals surface area contributed by atoms with Gasteiger partial charge in [0.15, 0.2) is 12.4 Å². The van der Waals surface area contributed by atoms with Crippen LogP contribution in [-0.4, -0.2) is 19.2 Å². The highest BCUT2D eigenvalue weighted by molar-refractivity contribution is 5.93. The maximum atomic E-state index is 11.7. The summed E-state index contributed by atoms with van der Waals surface area (Å²) in [6.07, 6.45) is 3.66. The lowest BCUT2D eigenvalue weighted by Crippen LogP contribution is -3.00. The van der Waals surface area contributed by atoms with Crippen molar-refractivity contribution in [2.45, 2.75) is 20.8 Å². The van der Waals surface area contributed by atoms with Crippen LogP contribution < -0.4 is 33.9 Å². The van der Waals surface area contributed by atoms with Crippen molar-refractivity contribution < 1.29 is 38.1 Å². The molecule has 5 heteroatoms. The Morgan fingerprint density at radius 2 is 2.11 bits per heavy atom. The highest BCUT2D eigenvalue weighted by Crippen LogP contribution is 2.12. The van der Waals surface area contributed by atoms with Gasteiger partial charge >= 0.3 is 0 Å². The number of rotatable bonds is 4. The molecular weight excluding hydrogens is 343 g/mol. The summed E-state index contributed by atoms with van der Waals surface area (Å²) in [6, 6.07) is 3.62. The normalized spacial score (nSPS) is 10.7. The van der Waals surface area contributed by atoms with E-state index in [9.17, 15) is 4.79 Å². The lowest BCUT2D eigenvalue weighted by atomic mass is 9.99. The van der Waals surface area contributed by atoms with Crippen molar-refractivity contribution in [1.29, 1.82) is 0 Å². The first kappa shape index (κ1) is 17.3. The van der Waals surface area contributed by atoms with Crippen LogP contribution in [0.15, 0.2) is 24.5 Å². The summed E-state index contributed by atoms with van der Waals surface area (Å²) in [5.41, 5.74) is 0.749. The number of aryl methyl sites for hydroxylation is 1. The molecule has 1 amide bonds. The summed E-state index contributed by atoms with van der Waals surface area (Å²) in [5, 5.41) is 2.72. The summed E-state index contributed by atoms with van der Waals surface area (Å²) in [7, 11) is 1.88. The van der Waals surface area contributed by atoms with Gasteiger partial charge in [0.2, 0.25) is 0 Å². The smallest absolute Gasteiger partial charge is 0.259 e. The van der Waals surface area contributed by atoms with Gasteiger partial charge in [-0.2, -0.15) is 0 Å². The minimum Gasteiger partial charge on any atom is -1.00 e. The molecule has 0 saturated carbocycles. The van der Waals surface area contributed by atoms with Crippen LogP contribution in [0.2, 0.25) is 0 Å². The van der Waals surface area contributed by atoms with Gasteiger partial charge in [-0.05, 0) is 11.5 Å². The lowest BCUT2D eigenvalue weighted by molar-refractivity contribution is -0.671. The van der Waals surface area contributed by atoms with E-state index in [-0.39, 0.29) is 42.0 Å². The third-order valence-electron chi connectivity index (χ3n) is 2.07. The zero-order chi connectivity index (χ0) is 12.9. The maximum absolute atomic E-state index is 11.7. The van der Waals surface area contributed by atoms with Crippen LogP contribution in [0.1, 0.15) is 31.1 Å². The summed E-state index contributed by atoms with van der Waals surface area (Å²) in [4.78, 5) is 11.7. The number of hydrogen-bond donors (Lipinski definition) is 1. The quantitative estimate of drug-likeness (QED) is 0.299. The van der Waals surface area contributed by atoms with Crippen LogP contribution in [0.5, 0.6) is 0 Å². The number of nitrogens with zero attached hydrogens (tertiary/aromatic N) is 1. The van der Waals surface area contributed by atoms with Crippen LogP contribution in [0.4, 0.5) is 0 Å². The molecule has 0 radical (unpaired) electrons. The van der Waals surface area contributed by atoms with Crippen molar-refractivity contribution >= 4 is 5.91 Å². The van der Waals surface area contributed by atoms with Crippen molar-refractivity contribution in [2.75, 3.05) is 13.3 Å². The van der Waals surface area contributed by atoms with Crippen LogP contribution in [0.25, 0.3) is 0 Å². The van der Waals surface area contributed by atoms with E-state index in [0.29, 0.717) is 12.2 Å². The number of amides is 1. The SMILES string of the molecule is C[n+]1cccc(C(=O)NCOCC(C)(C)C)c1.[I-]. The summed E-state index contributed by atoms with van der Waals surface area (Å²) < 4.78 is 7.22. The standard InChI is InChI=1S/C13H20N2O2.HI/c1-13(2,3)9-17-10-14-12(16)11-6-5-7-15(4)8-11;/h5-8H,9-10H2,1-4H3;1H. The average molecular weight is 364 g/mol. The predicted molar refractivity (Wildman–Crippen MR) is 65.4 cm³/mol. The van der Waals surface area contributed by atoms with Gasteiger partial charge in [0, 0.05) is 6.07 Å². The molecule has 0 bridgehead atoms. The molecule has 4 nitrogen and oxygen atoms in total. The third kappa shape index (κ3) is 6.90. The molecule has 1 aromatic rings. The topological polar surface area (TPSA) is 42.2 Å². The number of ether oxygens (including phenoxy) is 1. The molecule has 1 aromatic heterocycles. The first-order valence-corrected chi connectivity index (χ1v) is 5.70. The fourth-order valence-corrected chi connectivity index (χ4v) is 1.30. The Morgan fingerprint density at radius 3 is 2.67 bits per heavy atom.